The zero-order valence-corrected chi connectivity index (χ0v) is 14.3. The molecule has 132 valence electrons. The van der Waals surface area contributed by atoms with E-state index in [0.717, 1.165) is 32.4 Å². The Labute approximate surface area is 137 Å². The summed E-state index contributed by atoms with van der Waals surface area (Å²) in [5, 5.41) is 14.0. The summed E-state index contributed by atoms with van der Waals surface area (Å²) < 4.78 is 11.4. The van der Waals surface area contributed by atoms with Gasteiger partial charge >= 0.3 is 0 Å². The monoisotopic (exact) mass is 328 g/mol. The van der Waals surface area contributed by atoms with Crippen LogP contribution in [0.25, 0.3) is 0 Å². The molecule has 8 heteroatoms. The predicted octanol–water partition coefficient (Wildman–Crippen LogP) is 1.74. The summed E-state index contributed by atoms with van der Waals surface area (Å²) in [5.74, 6) is 0.830. The van der Waals surface area contributed by atoms with Crippen LogP contribution < -0.4 is 0 Å². The van der Waals surface area contributed by atoms with Gasteiger partial charge in [0, 0.05) is 32.2 Å². The predicted molar refractivity (Wildman–Crippen MR) is 86.6 cm³/mol. The van der Waals surface area contributed by atoms with Gasteiger partial charge in [-0.15, -0.1) is 0 Å². The van der Waals surface area contributed by atoms with Crippen molar-refractivity contribution in [3.8, 4) is 0 Å². The van der Waals surface area contributed by atoms with Gasteiger partial charge in [0.25, 0.3) is 5.96 Å². The van der Waals surface area contributed by atoms with E-state index in [-0.39, 0.29) is 12.3 Å². The molecule has 0 spiro atoms. The van der Waals surface area contributed by atoms with Gasteiger partial charge in [0.15, 0.2) is 5.03 Å². The van der Waals surface area contributed by atoms with Gasteiger partial charge in [-0.25, -0.2) is 10.1 Å². The van der Waals surface area contributed by atoms with E-state index in [9.17, 15) is 10.1 Å². The molecule has 2 saturated heterocycles. The summed E-state index contributed by atoms with van der Waals surface area (Å²) in [7, 11) is 0. The highest BCUT2D eigenvalue weighted by Crippen LogP contribution is 2.23. The maximum Gasteiger partial charge on any atom is 0.276 e. The fraction of sp³-hybridized carbons (Fsp3) is 0.933. The van der Waals surface area contributed by atoms with Crippen molar-refractivity contribution in [3.05, 3.63) is 10.1 Å². The van der Waals surface area contributed by atoms with Crippen LogP contribution in [-0.4, -0.2) is 66.0 Å². The van der Waals surface area contributed by atoms with E-state index in [1.807, 2.05) is 16.7 Å². The van der Waals surface area contributed by atoms with Gasteiger partial charge in [-0.2, -0.15) is 0 Å². The van der Waals surface area contributed by atoms with Gasteiger partial charge < -0.3 is 19.3 Å². The molecule has 3 atom stereocenters. The standard InChI is InChI=1S/C15H28N4O4/c1-4-8-22-14(5-2)18-7-6-17(15(18)16-19(20)21)10-13-9-12(3)23-11-13/h12-14H,4-11H2,1-3H3. The Morgan fingerprint density at radius 3 is 2.83 bits per heavy atom. The van der Waals surface area contributed by atoms with E-state index in [2.05, 4.69) is 18.9 Å². The average Bonchev–Trinajstić information content (AvgIpc) is 3.08. The second kappa shape index (κ2) is 8.44. The fourth-order valence-electron chi connectivity index (χ4n) is 3.28. The molecule has 2 fully saturated rings. The lowest BCUT2D eigenvalue weighted by Gasteiger charge is -2.29. The minimum Gasteiger partial charge on any atom is -0.378 e. The van der Waals surface area contributed by atoms with E-state index < -0.39 is 5.03 Å². The molecular formula is C15H28N4O4. The third kappa shape index (κ3) is 4.78. The smallest absolute Gasteiger partial charge is 0.276 e. The number of hydrogen-bond donors (Lipinski definition) is 0. The van der Waals surface area contributed by atoms with E-state index in [1.54, 1.807) is 0 Å². The van der Waals surface area contributed by atoms with Crippen molar-refractivity contribution in [1.82, 2.24) is 9.80 Å². The number of hydrogen-bond acceptors (Lipinski definition) is 4. The Bertz CT molecular complexity index is 432. The van der Waals surface area contributed by atoms with Gasteiger partial charge in [-0.3, -0.25) is 0 Å². The molecule has 0 saturated carbocycles. The van der Waals surface area contributed by atoms with Gasteiger partial charge in [-0.1, -0.05) is 13.8 Å². The van der Waals surface area contributed by atoms with Gasteiger partial charge in [0.2, 0.25) is 0 Å². The first-order valence-electron chi connectivity index (χ1n) is 8.52. The van der Waals surface area contributed by atoms with Crippen molar-refractivity contribution in [3.63, 3.8) is 0 Å². The summed E-state index contributed by atoms with van der Waals surface area (Å²) >= 11 is 0. The first-order valence-corrected chi connectivity index (χ1v) is 8.52. The third-order valence-electron chi connectivity index (χ3n) is 4.29. The lowest BCUT2D eigenvalue weighted by molar-refractivity contribution is -0.486. The molecule has 0 aromatic rings. The third-order valence-corrected chi connectivity index (χ3v) is 4.29. The van der Waals surface area contributed by atoms with Crippen LogP contribution >= 0.6 is 0 Å². The Morgan fingerprint density at radius 2 is 2.26 bits per heavy atom. The summed E-state index contributed by atoms with van der Waals surface area (Å²) in [4.78, 5) is 14.9. The summed E-state index contributed by atoms with van der Waals surface area (Å²) in [6.07, 6.45) is 2.80. The van der Waals surface area contributed by atoms with Crippen LogP contribution in [0, 0.1) is 16.0 Å². The second-order valence-electron chi connectivity index (χ2n) is 6.26. The molecule has 0 N–H and O–H groups in total. The lowest BCUT2D eigenvalue weighted by Crippen LogP contribution is -2.43. The average molecular weight is 328 g/mol. The number of nitrogens with zero attached hydrogens (tertiary/aromatic N) is 4. The van der Waals surface area contributed by atoms with Crippen molar-refractivity contribution >= 4 is 5.96 Å². The number of hydrazone groups is 1. The molecule has 3 unspecified atom stereocenters. The fourth-order valence-corrected chi connectivity index (χ4v) is 3.28. The molecule has 2 heterocycles. The van der Waals surface area contributed by atoms with Gasteiger partial charge in [-0.05, 0) is 26.2 Å². The molecule has 0 bridgehead atoms. The van der Waals surface area contributed by atoms with Crippen molar-refractivity contribution in [2.75, 3.05) is 32.8 Å². The second-order valence-corrected chi connectivity index (χ2v) is 6.26. The minimum absolute atomic E-state index is 0.155. The number of guanidine groups is 1. The SMILES string of the molecule is CCCOC(CC)N1CCN(CC2COC(C)C2)C1=N[N+](=O)[O-]. The normalized spacial score (nSPS) is 27.9. The maximum atomic E-state index is 11.0. The molecular weight excluding hydrogens is 300 g/mol. The Morgan fingerprint density at radius 1 is 1.48 bits per heavy atom. The van der Waals surface area contributed by atoms with E-state index in [4.69, 9.17) is 9.47 Å². The molecule has 0 amide bonds. The van der Waals surface area contributed by atoms with Gasteiger partial charge in [0.05, 0.1) is 12.7 Å². The Balaban J connectivity index is 2.06. The first-order chi connectivity index (χ1) is 11.0. The molecule has 0 aliphatic carbocycles. The largest absolute Gasteiger partial charge is 0.378 e. The zero-order valence-electron chi connectivity index (χ0n) is 14.3. The number of rotatable bonds is 8. The van der Waals surface area contributed by atoms with Crippen LogP contribution in [0.5, 0.6) is 0 Å². The topological polar surface area (TPSA) is 80.4 Å². The van der Waals surface area contributed by atoms with Crippen LogP contribution in [-0.2, 0) is 9.47 Å². The molecule has 23 heavy (non-hydrogen) atoms. The highest BCUT2D eigenvalue weighted by Gasteiger charge is 2.36. The van der Waals surface area contributed by atoms with Crippen LogP contribution in [0.3, 0.4) is 0 Å². The van der Waals surface area contributed by atoms with Gasteiger partial charge in [0.1, 0.15) is 11.3 Å². The van der Waals surface area contributed by atoms with Crippen molar-refractivity contribution in [1.29, 1.82) is 0 Å². The quantitative estimate of drug-likeness (QED) is 0.499. The van der Waals surface area contributed by atoms with Crippen LogP contribution in [0.1, 0.15) is 40.0 Å². The molecule has 2 aliphatic rings. The highest BCUT2D eigenvalue weighted by atomic mass is 16.7. The molecule has 2 rings (SSSR count). The first kappa shape index (κ1) is 17.9. The van der Waals surface area contributed by atoms with Crippen molar-refractivity contribution < 1.29 is 14.5 Å². The van der Waals surface area contributed by atoms with Crippen molar-refractivity contribution in [2.24, 2.45) is 11.0 Å². The molecule has 0 radical (unpaired) electrons. The van der Waals surface area contributed by atoms with Crippen molar-refractivity contribution in [2.45, 2.75) is 52.4 Å². The summed E-state index contributed by atoms with van der Waals surface area (Å²) in [5.41, 5.74) is 0. The number of nitro groups is 1. The molecule has 0 aromatic carbocycles. The zero-order chi connectivity index (χ0) is 16.8. The van der Waals surface area contributed by atoms with E-state index in [0.29, 0.717) is 31.6 Å². The Kier molecular flexibility index (Phi) is 6.59. The van der Waals surface area contributed by atoms with Crippen LogP contribution in [0.4, 0.5) is 0 Å². The molecule has 8 nitrogen and oxygen atoms in total. The molecule has 0 aromatic heterocycles. The number of ether oxygens (including phenoxy) is 2. The maximum absolute atomic E-state index is 11.0. The highest BCUT2D eigenvalue weighted by molar-refractivity contribution is 5.81. The minimum atomic E-state index is -0.610. The Hall–Kier alpha value is -1.41. The van der Waals surface area contributed by atoms with Crippen LogP contribution in [0.15, 0.2) is 5.10 Å². The summed E-state index contributed by atoms with van der Waals surface area (Å²) in [6, 6.07) is 0. The van der Waals surface area contributed by atoms with E-state index >= 15 is 0 Å². The summed E-state index contributed by atoms with van der Waals surface area (Å²) in [6.45, 7) is 9.70. The lowest BCUT2D eigenvalue weighted by atomic mass is 10.1. The molecule has 2 aliphatic heterocycles. The van der Waals surface area contributed by atoms with Crippen LogP contribution in [0.2, 0.25) is 0 Å². The van der Waals surface area contributed by atoms with E-state index in [1.165, 1.54) is 0 Å².